The van der Waals surface area contributed by atoms with Crippen molar-refractivity contribution < 1.29 is 13.5 Å². The van der Waals surface area contributed by atoms with Crippen LogP contribution in [0.3, 0.4) is 0 Å². The number of anilines is 1. The molecule has 0 bridgehead atoms. The maximum atomic E-state index is 13.0. The third-order valence-electron chi connectivity index (χ3n) is 4.20. The number of halogens is 2. The van der Waals surface area contributed by atoms with Crippen molar-refractivity contribution in [2.24, 2.45) is 5.10 Å². The van der Waals surface area contributed by atoms with Crippen LogP contribution in [0.2, 0.25) is 0 Å². The lowest BCUT2D eigenvalue weighted by atomic mass is 10.0. The van der Waals surface area contributed by atoms with Crippen molar-refractivity contribution in [3.05, 3.63) is 66.2 Å². The molecule has 0 amide bonds. The molecule has 5 nitrogen and oxygen atoms in total. The number of hydrogen-bond donors (Lipinski definition) is 2. The molecule has 0 saturated heterocycles. The van der Waals surface area contributed by atoms with Crippen LogP contribution in [-0.2, 0) is 0 Å². The second-order valence-electron chi connectivity index (χ2n) is 5.95. The monoisotopic (exact) mass is 366 g/mol. The number of H-pyrrole nitrogens is 1. The summed E-state index contributed by atoms with van der Waals surface area (Å²) in [5.41, 5.74) is 5.50. The Hall–Kier alpha value is -3.48. The van der Waals surface area contributed by atoms with Gasteiger partial charge >= 0.3 is 6.61 Å². The Morgan fingerprint density at radius 1 is 1.07 bits per heavy atom. The first-order chi connectivity index (χ1) is 13.1. The molecule has 0 atom stereocenters. The van der Waals surface area contributed by atoms with Crippen LogP contribution in [0.4, 0.5) is 14.7 Å². The minimum Gasteiger partial charge on any atom is -0.433 e. The summed E-state index contributed by atoms with van der Waals surface area (Å²) in [6, 6.07) is 18.4. The summed E-state index contributed by atoms with van der Waals surface area (Å²) in [6.07, 6.45) is 0. The summed E-state index contributed by atoms with van der Waals surface area (Å²) in [7, 11) is 0. The van der Waals surface area contributed by atoms with Crippen molar-refractivity contribution in [3.63, 3.8) is 0 Å². The summed E-state index contributed by atoms with van der Waals surface area (Å²) in [6.45, 7) is -1.20. The van der Waals surface area contributed by atoms with Crippen LogP contribution < -0.4 is 10.2 Å². The Bertz CT molecular complexity index is 1100. The molecule has 0 aliphatic carbocycles. The molecule has 4 aromatic rings. The summed E-state index contributed by atoms with van der Waals surface area (Å²) >= 11 is 0. The third kappa shape index (κ3) is 3.44. The predicted molar refractivity (Wildman–Crippen MR) is 103 cm³/mol. The highest BCUT2D eigenvalue weighted by atomic mass is 19.3. The van der Waals surface area contributed by atoms with Crippen molar-refractivity contribution in [1.82, 2.24) is 9.97 Å². The highest BCUT2D eigenvalue weighted by Crippen LogP contribution is 2.31. The Labute approximate surface area is 153 Å². The molecular weight excluding hydrogens is 350 g/mol. The standard InChI is InChI=1S/C20H16F2N4O/c1-12(25-26-20-23-16-8-4-5-9-17(16)24-20)14-11-10-13-6-2-3-7-15(13)18(14)27-19(21)22/h2-11,19H,1H3,(H2,23,24,26). The van der Waals surface area contributed by atoms with Gasteiger partial charge in [-0.3, -0.25) is 0 Å². The minimum atomic E-state index is -2.93. The average Bonchev–Trinajstić information content (AvgIpc) is 3.09. The summed E-state index contributed by atoms with van der Waals surface area (Å²) in [5, 5.41) is 5.70. The summed E-state index contributed by atoms with van der Waals surface area (Å²) < 4.78 is 30.8. The molecule has 3 aromatic carbocycles. The number of ether oxygens (including phenoxy) is 1. The fourth-order valence-corrected chi connectivity index (χ4v) is 2.95. The van der Waals surface area contributed by atoms with Crippen LogP contribution in [0.25, 0.3) is 21.8 Å². The molecule has 1 heterocycles. The number of imidazole rings is 1. The number of rotatable bonds is 5. The fourth-order valence-electron chi connectivity index (χ4n) is 2.95. The van der Waals surface area contributed by atoms with E-state index in [9.17, 15) is 8.78 Å². The van der Waals surface area contributed by atoms with Gasteiger partial charge in [-0.25, -0.2) is 10.4 Å². The average molecular weight is 366 g/mol. The number of para-hydroxylation sites is 2. The van der Waals surface area contributed by atoms with Crippen LogP contribution in [0, 0.1) is 0 Å². The van der Waals surface area contributed by atoms with Crippen LogP contribution in [-0.4, -0.2) is 22.3 Å². The highest BCUT2D eigenvalue weighted by molar-refractivity contribution is 6.06. The Balaban J connectivity index is 1.70. The van der Waals surface area contributed by atoms with E-state index in [0.29, 0.717) is 22.6 Å². The van der Waals surface area contributed by atoms with E-state index in [4.69, 9.17) is 4.74 Å². The molecule has 4 rings (SSSR count). The van der Waals surface area contributed by atoms with Crippen molar-refractivity contribution in [1.29, 1.82) is 0 Å². The molecule has 27 heavy (non-hydrogen) atoms. The normalized spacial score (nSPS) is 12.1. The quantitative estimate of drug-likeness (QED) is 0.379. The SMILES string of the molecule is CC(=NNc1nc2ccccc2[nH]1)c1ccc2ccccc2c1OC(F)F. The number of alkyl halides is 2. The van der Waals surface area contributed by atoms with Gasteiger partial charge in [-0.2, -0.15) is 13.9 Å². The molecule has 7 heteroatoms. The first-order valence-corrected chi connectivity index (χ1v) is 8.34. The highest BCUT2D eigenvalue weighted by Gasteiger charge is 2.15. The Morgan fingerprint density at radius 2 is 1.85 bits per heavy atom. The van der Waals surface area contributed by atoms with Gasteiger partial charge in [0, 0.05) is 10.9 Å². The topological polar surface area (TPSA) is 62.3 Å². The molecule has 0 aliphatic heterocycles. The molecule has 0 fully saturated rings. The van der Waals surface area contributed by atoms with Gasteiger partial charge in [0.1, 0.15) is 5.75 Å². The number of nitrogens with zero attached hydrogens (tertiary/aromatic N) is 2. The van der Waals surface area contributed by atoms with Gasteiger partial charge in [0.05, 0.1) is 16.7 Å². The van der Waals surface area contributed by atoms with Crippen molar-refractivity contribution in [2.45, 2.75) is 13.5 Å². The van der Waals surface area contributed by atoms with Crippen molar-refractivity contribution in [2.75, 3.05) is 5.43 Å². The Kier molecular flexibility index (Phi) is 4.42. The van der Waals surface area contributed by atoms with Crippen LogP contribution in [0.15, 0.2) is 65.8 Å². The van der Waals surface area contributed by atoms with E-state index in [1.165, 1.54) is 0 Å². The zero-order chi connectivity index (χ0) is 18.8. The lowest BCUT2D eigenvalue weighted by molar-refractivity contribution is -0.0489. The molecule has 0 unspecified atom stereocenters. The summed E-state index contributed by atoms with van der Waals surface area (Å²) in [5.74, 6) is 0.573. The van der Waals surface area contributed by atoms with E-state index >= 15 is 0 Å². The largest absolute Gasteiger partial charge is 0.433 e. The van der Waals surface area contributed by atoms with Crippen LogP contribution in [0.1, 0.15) is 12.5 Å². The first kappa shape index (κ1) is 17.0. The molecule has 0 aliphatic rings. The van der Waals surface area contributed by atoms with Crippen molar-refractivity contribution >= 4 is 33.5 Å². The zero-order valence-electron chi connectivity index (χ0n) is 14.4. The van der Waals surface area contributed by atoms with E-state index in [0.717, 1.165) is 16.4 Å². The first-order valence-electron chi connectivity index (χ1n) is 8.34. The smallest absolute Gasteiger partial charge is 0.387 e. The van der Waals surface area contributed by atoms with Gasteiger partial charge < -0.3 is 9.72 Å². The Morgan fingerprint density at radius 3 is 2.67 bits per heavy atom. The lowest BCUT2D eigenvalue weighted by Gasteiger charge is -2.13. The van der Waals surface area contributed by atoms with Gasteiger partial charge in [-0.1, -0.05) is 42.5 Å². The van der Waals surface area contributed by atoms with E-state index in [2.05, 4.69) is 20.5 Å². The van der Waals surface area contributed by atoms with Gasteiger partial charge in [-0.05, 0) is 30.5 Å². The maximum Gasteiger partial charge on any atom is 0.387 e. The molecule has 2 N–H and O–H groups in total. The number of aromatic nitrogens is 2. The molecule has 0 spiro atoms. The van der Waals surface area contributed by atoms with Gasteiger partial charge in [-0.15, -0.1) is 0 Å². The number of fused-ring (bicyclic) bond motifs is 2. The van der Waals surface area contributed by atoms with Crippen molar-refractivity contribution in [3.8, 4) is 5.75 Å². The predicted octanol–water partition coefficient (Wildman–Crippen LogP) is 5.15. The summed E-state index contributed by atoms with van der Waals surface area (Å²) in [4.78, 5) is 7.47. The van der Waals surface area contributed by atoms with Gasteiger partial charge in [0.15, 0.2) is 0 Å². The maximum absolute atomic E-state index is 13.0. The van der Waals surface area contributed by atoms with Gasteiger partial charge in [0.25, 0.3) is 0 Å². The second kappa shape index (κ2) is 7.03. The van der Waals surface area contributed by atoms with Crippen LogP contribution >= 0.6 is 0 Å². The number of benzene rings is 3. The number of aromatic amines is 1. The lowest BCUT2D eigenvalue weighted by Crippen LogP contribution is -2.09. The molecular formula is C20H16F2N4O. The molecule has 0 saturated carbocycles. The van der Waals surface area contributed by atoms with Crippen LogP contribution in [0.5, 0.6) is 5.75 Å². The van der Waals surface area contributed by atoms with E-state index in [1.54, 1.807) is 25.1 Å². The molecule has 1 aromatic heterocycles. The fraction of sp³-hybridized carbons (Fsp3) is 0.100. The van der Waals surface area contributed by atoms with Gasteiger partial charge in [0.2, 0.25) is 5.95 Å². The molecule has 0 radical (unpaired) electrons. The van der Waals surface area contributed by atoms with E-state index in [-0.39, 0.29) is 5.75 Å². The van der Waals surface area contributed by atoms with E-state index in [1.807, 2.05) is 42.5 Å². The number of hydrogen-bond acceptors (Lipinski definition) is 4. The number of nitrogens with one attached hydrogen (secondary N) is 2. The van der Waals surface area contributed by atoms with E-state index < -0.39 is 6.61 Å². The number of hydrazone groups is 1. The zero-order valence-corrected chi connectivity index (χ0v) is 14.4. The molecule has 136 valence electrons. The second-order valence-corrected chi connectivity index (χ2v) is 5.95. The minimum absolute atomic E-state index is 0.107. The third-order valence-corrected chi connectivity index (χ3v) is 4.20.